The Morgan fingerprint density at radius 2 is 1.96 bits per heavy atom. The molecule has 25 heavy (non-hydrogen) atoms. The van der Waals surface area contributed by atoms with Gasteiger partial charge < -0.3 is 11.1 Å². The smallest absolute Gasteiger partial charge is 0.240 e. The van der Waals surface area contributed by atoms with E-state index in [1.165, 1.54) is 24.8 Å². The van der Waals surface area contributed by atoms with Crippen molar-refractivity contribution < 1.29 is 4.79 Å². The molecule has 1 fully saturated rings. The number of amides is 1. The van der Waals surface area contributed by atoms with Gasteiger partial charge in [-0.05, 0) is 24.8 Å². The zero-order chi connectivity index (χ0) is 17.5. The number of rotatable bonds is 7. The number of hydrogen-bond acceptors (Lipinski definition) is 5. The lowest BCUT2D eigenvalue weighted by molar-refractivity contribution is -0.122. The Morgan fingerprint density at radius 3 is 2.72 bits per heavy atom. The largest absolute Gasteiger partial charge is 0.368 e. The van der Waals surface area contributed by atoms with Crippen LogP contribution in [0.5, 0.6) is 0 Å². The molecule has 1 saturated carbocycles. The Labute approximate surface area is 152 Å². The Kier molecular flexibility index (Phi) is 6.33. The number of nitrogens with zero attached hydrogens (tertiary/aromatic N) is 3. The molecule has 0 saturated heterocycles. The average Bonchev–Trinajstić information content (AvgIpc) is 2.97. The molecule has 7 heteroatoms. The molecular formula is C18H25N5OS. The molecular weight excluding hydrogens is 334 g/mol. The predicted molar refractivity (Wildman–Crippen MR) is 100 cm³/mol. The Morgan fingerprint density at radius 1 is 1.20 bits per heavy atom. The van der Waals surface area contributed by atoms with Crippen LogP contribution in [-0.2, 0) is 17.8 Å². The summed E-state index contributed by atoms with van der Waals surface area (Å²) in [5.41, 5.74) is 7.18. The number of aromatic nitrogens is 3. The van der Waals surface area contributed by atoms with Crippen LogP contribution in [-0.4, -0.2) is 32.5 Å². The summed E-state index contributed by atoms with van der Waals surface area (Å²) < 4.78 is 1.70. The monoisotopic (exact) mass is 359 g/mol. The molecule has 1 aromatic heterocycles. The van der Waals surface area contributed by atoms with Crippen molar-refractivity contribution in [3.63, 3.8) is 0 Å². The van der Waals surface area contributed by atoms with Crippen molar-refractivity contribution in [2.75, 3.05) is 11.5 Å². The first kappa shape index (κ1) is 17.8. The van der Waals surface area contributed by atoms with Gasteiger partial charge in [0.1, 0.15) is 6.54 Å². The molecule has 2 aromatic rings. The molecule has 0 aliphatic heterocycles. The highest BCUT2D eigenvalue weighted by molar-refractivity contribution is 7.99. The maximum atomic E-state index is 12.3. The number of carbonyl (C=O) groups is 1. The molecule has 0 unspecified atom stereocenters. The van der Waals surface area contributed by atoms with Crippen molar-refractivity contribution in [2.45, 2.75) is 56.3 Å². The summed E-state index contributed by atoms with van der Waals surface area (Å²) >= 11 is 1.58. The van der Waals surface area contributed by atoms with Gasteiger partial charge in [0.2, 0.25) is 11.9 Å². The standard InChI is InChI=1S/C18H25N5OS/c19-17-21-22-18(25-12-11-14-7-3-1-4-8-14)23(17)13-16(24)20-15-9-5-2-6-10-15/h1,3-4,7-8,15H,2,5-6,9-13H2,(H2,19,21)(H,20,24). The highest BCUT2D eigenvalue weighted by atomic mass is 32.2. The number of hydrogen-bond donors (Lipinski definition) is 2. The second kappa shape index (κ2) is 8.89. The van der Waals surface area contributed by atoms with Crippen LogP contribution >= 0.6 is 11.8 Å². The number of anilines is 1. The number of aryl methyl sites for hydroxylation is 1. The Balaban J connectivity index is 1.52. The van der Waals surface area contributed by atoms with E-state index in [9.17, 15) is 4.79 Å². The van der Waals surface area contributed by atoms with E-state index in [0.717, 1.165) is 25.0 Å². The van der Waals surface area contributed by atoms with Crippen molar-refractivity contribution in [1.82, 2.24) is 20.1 Å². The fourth-order valence-electron chi connectivity index (χ4n) is 3.12. The van der Waals surface area contributed by atoms with Gasteiger partial charge in [0, 0.05) is 11.8 Å². The molecule has 0 bridgehead atoms. The molecule has 1 aliphatic carbocycles. The third-order valence-corrected chi connectivity index (χ3v) is 5.45. The molecule has 3 N–H and O–H groups in total. The van der Waals surface area contributed by atoms with E-state index in [0.29, 0.717) is 17.1 Å². The van der Waals surface area contributed by atoms with Crippen molar-refractivity contribution in [1.29, 1.82) is 0 Å². The van der Waals surface area contributed by atoms with Gasteiger partial charge in [-0.2, -0.15) is 0 Å². The Bertz CT molecular complexity index is 682. The van der Waals surface area contributed by atoms with Crippen LogP contribution in [0.2, 0.25) is 0 Å². The number of nitrogen functional groups attached to an aromatic ring is 1. The van der Waals surface area contributed by atoms with Crippen LogP contribution in [0, 0.1) is 0 Å². The number of nitrogens with one attached hydrogen (secondary N) is 1. The van der Waals surface area contributed by atoms with E-state index in [1.54, 1.807) is 16.3 Å². The van der Waals surface area contributed by atoms with E-state index in [2.05, 4.69) is 27.6 Å². The lowest BCUT2D eigenvalue weighted by Crippen LogP contribution is -2.38. The lowest BCUT2D eigenvalue weighted by Gasteiger charge is -2.23. The fourth-order valence-corrected chi connectivity index (χ4v) is 4.06. The second-order valence-electron chi connectivity index (χ2n) is 6.41. The van der Waals surface area contributed by atoms with Crippen molar-refractivity contribution >= 4 is 23.6 Å². The molecule has 1 aromatic carbocycles. The Hall–Kier alpha value is -2.02. The maximum Gasteiger partial charge on any atom is 0.240 e. The molecule has 0 spiro atoms. The summed E-state index contributed by atoms with van der Waals surface area (Å²) in [4.78, 5) is 12.3. The minimum absolute atomic E-state index is 0.0108. The maximum absolute atomic E-state index is 12.3. The van der Waals surface area contributed by atoms with Gasteiger partial charge in [0.15, 0.2) is 5.16 Å². The number of nitrogens with two attached hydrogens (primary N) is 1. The summed E-state index contributed by atoms with van der Waals surface area (Å²) in [5.74, 6) is 1.15. The molecule has 1 heterocycles. The highest BCUT2D eigenvalue weighted by Crippen LogP contribution is 2.20. The number of benzene rings is 1. The van der Waals surface area contributed by atoms with E-state index in [-0.39, 0.29) is 12.5 Å². The predicted octanol–water partition coefficient (Wildman–Crippen LogP) is 2.64. The summed E-state index contributed by atoms with van der Waals surface area (Å²) in [6.45, 7) is 0.184. The summed E-state index contributed by atoms with van der Waals surface area (Å²) in [7, 11) is 0. The topological polar surface area (TPSA) is 85.8 Å². The van der Waals surface area contributed by atoms with Crippen LogP contribution in [0.4, 0.5) is 5.95 Å². The van der Waals surface area contributed by atoms with Crippen molar-refractivity contribution in [3.05, 3.63) is 35.9 Å². The first-order valence-electron chi connectivity index (χ1n) is 8.87. The molecule has 6 nitrogen and oxygen atoms in total. The summed E-state index contributed by atoms with van der Waals surface area (Å²) in [6, 6.07) is 10.6. The lowest BCUT2D eigenvalue weighted by atomic mass is 9.95. The van der Waals surface area contributed by atoms with E-state index < -0.39 is 0 Å². The third-order valence-electron chi connectivity index (χ3n) is 4.48. The van der Waals surface area contributed by atoms with Gasteiger partial charge in [-0.25, -0.2) is 0 Å². The zero-order valence-electron chi connectivity index (χ0n) is 14.4. The van der Waals surface area contributed by atoms with Gasteiger partial charge in [-0.1, -0.05) is 61.4 Å². The molecule has 0 radical (unpaired) electrons. The first-order chi connectivity index (χ1) is 12.2. The summed E-state index contributed by atoms with van der Waals surface area (Å²) in [5, 5.41) is 11.9. The third kappa shape index (κ3) is 5.22. The SMILES string of the molecule is Nc1nnc(SCCc2ccccc2)n1CC(=O)NC1CCCCC1. The first-order valence-corrected chi connectivity index (χ1v) is 9.85. The van der Waals surface area contributed by atoms with E-state index in [4.69, 9.17) is 5.73 Å². The van der Waals surface area contributed by atoms with Gasteiger partial charge in [0.05, 0.1) is 0 Å². The fraction of sp³-hybridized carbons (Fsp3) is 0.500. The molecule has 0 atom stereocenters. The minimum Gasteiger partial charge on any atom is -0.368 e. The van der Waals surface area contributed by atoms with Crippen LogP contribution in [0.3, 0.4) is 0 Å². The number of thioether (sulfide) groups is 1. The van der Waals surface area contributed by atoms with Crippen LogP contribution < -0.4 is 11.1 Å². The highest BCUT2D eigenvalue weighted by Gasteiger charge is 2.18. The van der Waals surface area contributed by atoms with Gasteiger partial charge in [0.25, 0.3) is 0 Å². The van der Waals surface area contributed by atoms with Gasteiger partial charge >= 0.3 is 0 Å². The van der Waals surface area contributed by atoms with Gasteiger partial charge in [-0.3, -0.25) is 9.36 Å². The quantitative estimate of drug-likeness (QED) is 0.742. The van der Waals surface area contributed by atoms with E-state index in [1.807, 2.05) is 18.2 Å². The van der Waals surface area contributed by atoms with Crippen LogP contribution in [0.15, 0.2) is 35.5 Å². The normalized spacial score (nSPS) is 15.2. The zero-order valence-corrected chi connectivity index (χ0v) is 15.2. The molecule has 134 valence electrons. The minimum atomic E-state index is -0.0108. The van der Waals surface area contributed by atoms with E-state index >= 15 is 0 Å². The molecule has 1 aliphatic rings. The molecule has 1 amide bonds. The number of carbonyl (C=O) groups excluding carboxylic acids is 1. The van der Waals surface area contributed by atoms with Crippen molar-refractivity contribution in [2.24, 2.45) is 0 Å². The van der Waals surface area contributed by atoms with Crippen molar-refractivity contribution in [3.8, 4) is 0 Å². The van der Waals surface area contributed by atoms with Gasteiger partial charge in [-0.15, -0.1) is 10.2 Å². The summed E-state index contributed by atoms with van der Waals surface area (Å²) in [6.07, 6.45) is 6.74. The van der Waals surface area contributed by atoms with Crippen LogP contribution in [0.25, 0.3) is 0 Å². The average molecular weight is 359 g/mol. The molecule has 3 rings (SSSR count). The van der Waals surface area contributed by atoms with Crippen LogP contribution in [0.1, 0.15) is 37.7 Å². The second-order valence-corrected chi connectivity index (χ2v) is 7.48.